The van der Waals surface area contributed by atoms with Crippen LogP contribution in [0.4, 0.5) is 0 Å². The third kappa shape index (κ3) is 533. The van der Waals surface area contributed by atoms with E-state index in [1.165, 1.54) is 0 Å². The summed E-state index contributed by atoms with van der Waals surface area (Å²) in [4.78, 5) is 0. The SMILES string of the molecule is Cl.O.O.O.O.O.O.O.[Fe].[Fe]. The first kappa shape index (κ1) is 1010. The van der Waals surface area contributed by atoms with Gasteiger partial charge in [0.15, 0.2) is 0 Å². The van der Waals surface area contributed by atoms with Gasteiger partial charge in [0.1, 0.15) is 0 Å². The molecule has 0 aliphatic carbocycles. The molecular weight excluding hydrogens is 259 g/mol. The van der Waals surface area contributed by atoms with Crippen LogP contribution in [0.5, 0.6) is 0 Å². The van der Waals surface area contributed by atoms with Crippen molar-refractivity contribution in [2.45, 2.75) is 0 Å². The van der Waals surface area contributed by atoms with Crippen molar-refractivity contribution >= 4 is 12.4 Å². The third-order valence-electron chi connectivity index (χ3n) is 0. The molecule has 0 aliphatic rings. The second kappa shape index (κ2) is 748. The molecule has 0 unspecified atom stereocenters. The normalized spacial score (nSPS) is 0. The van der Waals surface area contributed by atoms with Gasteiger partial charge >= 0.3 is 0 Å². The zero-order valence-electron chi connectivity index (χ0n) is 4.62. The smallest absolute Gasteiger partial charge is 0 e. The minimum atomic E-state index is 0. The predicted octanol–water partition coefficient (Wildman–Crippen LogP) is -5.36. The third-order valence-corrected chi connectivity index (χ3v) is 0. The maximum absolute atomic E-state index is 0. The Balaban J connectivity index is 0. The number of hydrogen-bond acceptors (Lipinski definition) is 0. The van der Waals surface area contributed by atoms with Crippen molar-refractivity contribution in [2.75, 3.05) is 0 Å². The Bertz CT molecular complexity index is 11.6. The largest absolute Gasteiger partial charge is 0.412 e. The molecule has 0 aromatic heterocycles. The summed E-state index contributed by atoms with van der Waals surface area (Å²) >= 11 is 0. The summed E-state index contributed by atoms with van der Waals surface area (Å²) in [7, 11) is 0. The number of rotatable bonds is 0. The molecule has 10 heavy (non-hydrogen) atoms. The molecule has 0 amide bonds. The van der Waals surface area contributed by atoms with E-state index in [0.717, 1.165) is 0 Å². The van der Waals surface area contributed by atoms with Gasteiger partial charge in [0, 0.05) is 34.1 Å². The quantitative estimate of drug-likeness (QED) is 0.377. The first-order valence-corrected chi connectivity index (χ1v) is 0. The molecule has 0 fully saturated rings. The Kier molecular flexibility index (Phi) is 75800. The van der Waals surface area contributed by atoms with Crippen molar-refractivity contribution in [3.8, 4) is 0 Å². The van der Waals surface area contributed by atoms with Gasteiger partial charge in [-0.15, -0.1) is 12.4 Å². The van der Waals surface area contributed by atoms with Crippen LogP contribution in [0.1, 0.15) is 0 Å². The average molecular weight is 274 g/mol. The molecule has 10 heteroatoms. The van der Waals surface area contributed by atoms with Crippen LogP contribution in [0.2, 0.25) is 0 Å². The summed E-state index contributed by atoms with van der Waals surface area (Å²) in [6.07, 6.45) is 0. The molecule has 0 aliphatic heterocycles. The van der Waals surface area contributed by atoms with Crippen LogP contribution >= 0.6 is 12.4 Å². The molecule has 0 rings (SSSR count). The maximum atomic E-state index is 0. The van der Waals surface area contributed by atoms with Gasteiger partial charge in [0.2, 0.25) is 0 Å². The van der Waals surface area contributed by atoms with Gasteiger partial charge < -0.3 is 38.3 Å². The van der Waals surface area contributed by atoms with Gasteiger partial charge in [0.05, 0.1) is 0 Å². The summed E-state index contributed by atoms with van der Waals surface area (Å²) in [6.45, 7) is 0. The van der Waals surface area contributed by atoms with Gasteiger partial charge in [-0.25, -0.2) is 0 Å². The van der Waals surface area contributed by atoms with Crippen LogP contribution < -0.4 is 0 Å². The van der Waals surface area contributed by atoms with Crippen molar-refractivity contribution in [1.82, 2.24) is 0 Å². The van der Waals surface area contributed by atoms with Crippen LogP contribution in [0.25, 0.3) is 0 Å². The second-order valence-electron chi connectivity index (χ2n) is 0. The molecule has 0 bridgehead atoms. The van der Waals surface area contributed by atoms with Gasteiger partial charge in [-0.05, 0) is 0 Å². The van der Waals surface area contributed by atoms with E-state index in [4.69, 9.17) is 0 Å². The molecule has 0 saturated heterocycles. The Hall–Kier alpha value is 1.05. The fourth-order valence-electron chi connectivity index (χ4n) is 0. The summed E-state index contributed by atoms with van der Waals surface area (Å²) < 4.78 is 0. The predicted molar refractivity (Wildman–Crippen MR) is 32.5 cm³/mol. The van der Waals surface area contributed by atoms with E-state index < -0.39 is 0 Å². The van der Waals surface area contributed by atoms with Gasteiger partial charge in [-0.2, -0.15) is 0 Å². The van der Waals surface area contributed by atoms with Crippen molar-refractivity contribution in [3.63, 3.8) is 0 Å². The Morgan fingerprint density at radius 1 is 0.300 bits per heavy atom. The van der Waals surface area contributed by atoms with E-state index in [1.807, 2.05) is 0 Å². The van der Waals surface area contributed by atoms with Crippen LogP contribution in [-0.4, -0.2) is 38.3 Å². The number of hydrogen-bond donors (Lipinski definition) is 0. The summed E-state index contributed by atoms with van der Waals surface area (Å²) in [5, 5.41) is 0. The first-order valence-electron chi connectivity index (χ1n) is 0. The van der Waals surface area contributed by atoms with Crippen LogP contribution in [0.3, 0.4) is 0 Å². The van der Waals surface area contributed by atoms with Crippen molar-refractivity contribution in [3.05, 3.63) is 0 Å². The fourth-order valence-corrected chi connectivity index (χ4v) is 0. The molecule has 14 N–H and O–H groups in total. The van der Waals surface area contributed by atoms with Crippen LogP contribution in [0, 0.1) is 0 Å². The zero-order chi connectivity index (χ0) is 0. The van der Waals surface area contributed by atoms with E-state index >= 15 is 0 Å². The van der Waals surface area contributed by atoms with Crippen molar-refractivity contribution in [2.24, 2.45) is 0 Å². The van der Waals surface area contributed by atoms with E-state index in [1.54, 1.807) is 0 Å². The summed E-state index contributed by atoms with van der Waals surface area (Å²) in [5.41, 5.74) is 0. The van der Waals surface area contributed by atoms with E-state index in [2.05, 4.69) is 0 Å². The van der Waals surface area contributed by atoms with E-state index in [-0.39, 0.29) is 84.9 Å². The van der Waals surface area contributed by atoms with Crippen molar-refractivity contribution < 1.29 is 72.5 Å². The molecule has 0 radical (unpaired) electrons. The monoisotopic (exact) mass is 274 g/mol. The maximum Gasteiger partial charge on any atom is 0 e. The molecule has 0 saturated carbocycles. The number of halogens is 1. The molecule has 0 atom stereocenters. The molecule has 0 aromatic rings. The van der Waals surface area contributed by atoms with E-state index in [9.17, 15) is 0 Å². The fraction of sp³-hybridized carbons (Fsp3) is 0. The molecule has 7 nitrogen and oxygen atoms in total. The molecule has 0 spiro atoms. The Morgan fingerprint density at radius 3 is 0.300 bits per heavy atom. The van der Waals surface area contributed by atoms with E-state index in [0.29, 0.717) is 0 Å². The van der Waals surface area contributed by atoms with Crippen LogP contribution in [-0.2, 0) is 34.1 Å². The molecule has 0 heterocycles. The minimum Gasteiger partial charge on any atom is -0.412 e. The van der Waals surface area contributed by atoms with Crippen LogP contribution in [0.15, 0.2) is 0 Å². The molecular formula is H15ClFe2O7. The second-order valence-corrected chi connectivity index (χ2v) is 0. The summed E-state index contributed by atoms with van der Waals surface area (Å²) in [5.74, 6) is 0. The zero-order valence-corrected chi connectivity index (χ0v) is 7.64. The van der Waals surface area contributed by atoms with Gasteiger partial charge in [-0.3, -0.25) is 0 Å². The first-order chi connectivity index (χ1) is 0. The topological polar surface area (TPSA) is 220 Å². The minimum absolute atomic E-state index is 0. The Labute approximate surface area is 85.1 Å². The molecule has 0 aromatic carbocycles. The standard InChI is InChI=1S/ClH.2Fe.7H2O/h1H;;;7*1H2. The van der Waals surface area contributed by atoms with Gasteiger partial charge in [0.25, 0.3) is 0 Å². The van der Waals surface area contributed by atoms with Crippen molar-refractivity contribution in [1.29, 1.82) is 0 Å². The summed E-state index contributed by atoms with van der Waals surface area (Å²) in [6, 6.07) is 0. The average Bonchev–Trinajstić information content (AvgIpc) is 0. The van der Waals surface area contributed by atoms with Gasteiger partial charge in [-0.1, -0.05) is 0 Å². The Morgan fingerprint density at radius 2 is 0.300 bits per heavy atom. The molecule has 80 valence electrons.